The quantitative estimate of drug-likeness (QED) is 0.556. The number of carboxylic acid groups (broad SMARTS) is 1. The van der Waals surface area contributed by atoms with E-state index in [1.54, 1.807) is 7.11 Å². The van der Waals surface area contributed by atoms with Crippen LogP contribution in [0.15, 0.2) is 30.4 Å². The molecule has 1 aliphatic heterocycles. The van der Waals surface area contributed by atoms with E-state index in [9.17, 15) is 9.59 Å². The zero-order chi connectivity index (χ0) is 19.4. The van der Waals surface area contributed by atoms with Crippen LogP contribution in [0.4, 0.5) is 0 Å². The number of aliphatic carboxylic acids is 1. The molecule has 6 heteroatoms. The summed E-state index contributed by atoms with van der Waals surface area (Å²) >= 11 is 0. The average Bonchev–Trinajstić information content (AvgIpc) is 3.11. The highest BCUT2D eigenvalue weighted by molar-refractivity contribution is 5.67. The van der Waals surface area contributed by atoms with Crippen LogP contribution in [0.5, 0.6) is 5.75 Å². The lowest BCUT2D eigenvalue weighted by molar-refractivity contribution is -0.147. The molecular formula is C21H26O6. The van der Waals surface area contributed by atoms with Crippen molar-refractivity contribution in [1.82, 2.24) is 0 Å². The lowest BCUT2D eigenvalue weighted by atomic mass is 9.86. The Bertz CT molecular complexity index is 725. The van der Waals surface area contributed by atoms with Gasteiger partial charge in [0.1, 0.15) is 18.0 Å². The summed E-state index contributed by atoms with van der Waals surface area (Å²) in [6.45, 7) is 1.93. The molecule has 0 unspecified atom stereocenters. The molecule has 1 aromatic rings. The third-order valence-electron chi connectivity index (χ3n) is 5.24. The van der Waals surface area contributed by atoms with Crippen molar-refractivity contribution in [3.8, 4) is 5.75 Å². The van der Waals surface area contributed by atoms with E-state index in [0.717, 1.165) is 16.9 Å². The first kappa shape index (κ1) is 19.4. The van der Waals surface area contributed by atoms with Crippen molar-refractivity contribution in [3.63, 3.8) is 0 Å². The molecule has 146 valence electrons. The van der Waals surface area contributed by atoms with Gasteiger partial charge in [-0.15, -0.1) is 0 Å². The van der Waals surface area contributed by atoms with Crippen LogP contribution < -0.4 is 4.74 Å². The number of esters is 1. The van der Waals surface area contributed by atoms with Crippen LogP contribution in [0.1, 0.15) is 43.2 Å². The average molecular weight is 374 g/mol. The van der Waals surface area contributed by atoms with Crippen LogP contribution in [0.3, 0.4) is 0 Å². The number of carbonyl (C=O) groups excluding carboxylic acids is 1. The third-order valence-corrected chi connectivity index (χ3v) is 5.24. The van der Waals surface area contributed by atoms with Crippen molar-refractivity contribution >= 4 is 11.9 Å². The van der Waals surface area contributed by atoms with Gasteiger partial charge in [-0.05, 0) is 18.4 Å². The minimum absolute atomic E-state index is 0.0320. The van der Waals surface area contributed by atoms with Crippen molar-refractivity contribution in [2.45, 2.75) is 50.7 Å². The first-order chi connectivity index (χ1) is 13.0. The summed E-state index contributed by atoms with van der Waals surface area (Å²) in [5.41, 5.74) is 2.17. The number of fused-ring (bicyclic) bond motifs is 3. The smallest absolute Gasteiger partial charge is 0.303 e. The number of methoxy groups -OCH3 is 1. The van der Waals surface area contributed by atoms with E-state index in [0.29, 0.717) is 25.9 Å². The summed E-state index contributed by atoms with van der Waals surface area (Å²) in [6.07, 6.45) is 5.82. The molecule has 1 aliphatic carbocycles. The van der Waals surface area contributed by atoms with Gasteiger partial charge in [-0.2, -0.15) is 0 Å². The van der Waals surface area contributed by atoms with Crippen molar-refractivity contribution in [2.24, 2.45) is 5.92 Å². The van der Waals surface area contributed by atoms with Gasteiger partial charge in [0.05, 0.1) is 6.61 Å². The van der Waals surface area contributed by atoms with Crippen molar-refractivity contribution in [1.29, 1.82) is 0 Å². The number of rotatable bonds is 8. The van der Waals surface area contributed by atoms with Crippen molar-refractivity contribution in [2.75, 3.05) is 13.7 Å². The first-order valence-electron chi connectivity index (χ1n) is 9.34. The molecule has 1 heterocycles. The van der Waals surface area contributed by atoms with E-state index in [-0.39, 0.29) is 36.4 Å². The van der Waals surface area contributed by atoms with E-state index in [1.807, 2.05) is 18.2 Å². The molecular weight excluding hydrogens is 348 g/mol. The Kier molecular flexibility index (Phi) is 6.16. The number of carboxylic acids is 1. The highest BCUT2D eigenvalue weighted by Crippen LogP contribution is 2.52. The Morgan fingerprint density at radius 1 is 1.37 bits per heavy atom. The van der Waals surface area contributed by atoms with Gasteiger partial charge in [0, 0.05) is 44.3 Å². The molecule has 0 bridgehead atoms. The Labute approximate surface area is 159 Å². The normalized spacial score (nSPS) is 25.9. The molecule has 0 aromatic heterocycles. The monoisotopic (exact) mass is 374 g/mol. The number of benzene rings is 1. The minimum atomic E-state index is -0.784. The first-order valence-corrected chi connectivity index (χ1v) is 9.34. The molecule has 6 nitrogen and oxygen atoms in total. The summed E-state index contributed by atoms with van der Waals surface area (Å²) in [7, 11) is 1.64. The molecule has 1 aromatic carbocycles. The van der Waals surface area contributed by atoms with Crippen LogP contribution >= 0.6 is 0 Å². The van der Waals surface area contributed by atoms with Crippen LogP contribution in [-0.4, -0.2) is 43.0 Å². The molecule has 3 rings (SSSR count). The lowest BCUT2D eigenvalue weighted by Crippen LogP contribution is -2.22. The van der Waals surface area contributed by atoms with Crippen LogP contribution in [-0.2, 0) is 25.5 Å². The minimum Gasteiger partial charge on any atom is -0.489 e. The Balaban J connectivity index is 1.83. The van der Waals surface area contributed by atoms with E-state index in [2.05, 4.69) is 12.1 Å². The molecule has 2 aliphatic rings. The zero-order valence-electron chi connectivity index (χ0n) is 15.7. The maximum absolute atomic E-state index is 11.5. The molecule has 1 N–H and O–H groups in total. The van der Waals surface area contributed by atoms with Gasteiger partial charge < -0.3 is 19.3 Å². The summed E-state index contributed by atoms with van der Waals surface area (Å²) in [6, 6.07) is 6.06. The predicted molar refractivity (Wildman–Crippen MR) is 98.8 cm³/mol. The summed E-state index contributed by atoms with van der Waals surface area (Å²) in [5.74, 6) is -0.0357. The third kappa shape index (κ3) is 4.33. The molecule has 0 saturated heterocycles. The van der Waals surface area contributed by atoms with E-state index < -0.39 is 5.97 Å². The number of ether oxygens (including phenoxy) is 3. The maximum atomic E-state index is 11.5. The van der Waals surface area contributed by atoms with Crippen molar-refractivity contribution < 1.29 is 28.9 Å². The molecule has 0 spiro atoms. The fourth-order valence-electron chi connectivity index (χ4n) is 4.22. The van der Waals surface area contributed by atoms with Crippen LogP contribution in [0.25, 0.3) is 0 Å². The Hall–Kier alpha value is -2.34. The zero-order valence-corrected chi connectivity index (χ0v) is 15.7. The molecule has 27 heavy (non-hydrogen) atoms. The van der Waals surface area contributed by atoms with Gasteiger partial charge in [-0.25, -0.2) is 0 Å². The predicted octanol–water partition coefficient (Wildman–Crippen LogP) is 3.09. The maximum Gasteiger partial charge on any atom is 0.303 e. The van der Waals surface area contributed by atoms with Gasteiger partial charge >= 0.3 is 11.9 Å². The Morgan fingerprint density at radius 2 is 2.19 bits per heavy atom. The summed E-state index contributed by atoms with van der Waals surface area (Å²) in [4.78, 5) is 22.3. The fraction of sp³-hybridized carbons (Fsp3) is 0.524. The number of hydrogen-bond acceptors (Lipinski definition) is 5. The van der Waals surface area contributed by atoms with E-state index >= 15 is 0 Å². The standard InChI is InChI=1S/C21H26O6/c1-13(22)26-17-12-18-20(15(17)9-5-11-25-2)16-8-3-6-14(21(16)27-18)7-4-10-19(23)24/h3,5-6,8-9,15,17-18,20H,4,7,10-12H2,1-2H3,(H,23,24)/b9-5+/t15-,17+,18-,20-/m0/s1. The van der Waals surface area contributed by atoms with Gasteiger partial charge in [-0.3, -0.25) is 9.59 Å². The van der Waals surface area contributed by atoms with E-state index in [4.69, 9.17) is 19.3 Å². The second kappa shape index (κ2) is 8.57. The molecule has 0 amide bonds. The number of hydrogen-bond donors (Lipinski definition) is 1. The second-order valence-electron chi connectivity index (χ2n) is 7.11. The van der Waals surface area contributed by atoms with Gasteiger partial charge in [0.2, 0.25) is 0 Å². The second-order valence-corrected chi connectivity index (χ2v) is 7.11. The van der Waals surface area contributed by atoms with Crippen LogP contribution in [0.2, 0.25) is 0 Å². The molecule has 4 atom stereocenters. The van der Waals surface area contributed by atoms with Crippen LogP contribution in [0, 0.1) is 5.92 Å². The van der Waals surface area contributed by atoms with Crippen molar-refractivity contribution in [3.05, 3.63) is 41.5 Å². The summed E-state index contributed by atoms with van der Waals surface area (Å²) in [5, 5.41) is 8.86. The number of aryl methyl sites for hydroxylation is 1. The van der Waals surface area contributed by atoms with Gasteiger partial charge in [0.25, 0.3) is 0 Å². The van der Waals surface area contributed by atoms with Gasteiger partial charge in [0.15, 0.2) is 0 Å². The highest BCUT2D eigenvalue weighted by atomic mass is 16.5. The number of para-hydroxylation sites is 1. The topological polar surface area (TPSA) is 82.1 Å². The largest absolute Gasteiger partial charge is 0.489 e. The SMILES string of the molecule is COC/C=C/[C@@H]1[C@H]2c3cccc(CCCC(=O)O)c3O[C@H]2C[C@H]1OC(C)=O. The molecule has 1 fully saturated rings. The Morgan fingerprint density at radius 3 is 2.89 bits per heavy atom. The van der Waals surface area contributed by atoms with E-state index in [1.165, 1.54) is 6.92 Å². The molecule has 0 radical (unpaired) electrons. The fourth-order valence-corrected chi connectivity index (χ4v) is 4.22. The number of carbonyl (C=O) groups is 2. The summed E-state index contributed by atoms with van der Waals surface area (Å²) < 4.78 is 16.9. The lowest BCUT2D eigenvalue weighted by Gasteiger charge is -2.21. The highest BCUT2D eigenvalue weighted by Gasteiger charge is 2.50. The molecule has 1 saturated carbocycles. The van der Waals surface area contributed by atoms with Gasteiger partial charge in [-0.1, -0.05) is 30.4 Å².